The van der Waals surface area contributed by atoms with E-state index in [-0.39, 0.29) is 22.1 Å². The molecule has 8 nitrogen and oxygen atoms in total. The van der Waals surface area contributed by atoms with Crippen molar-refractivity contribution in [3.8, 4) is 0 Å². The van der Waals surface area contributed by atoms with Gasteiger partial charge in [-0.25, -0.2) is 9.78 Å². The van der Waals surface area contributed by atoms with Crippen LogP contribution in [0.25, 0.3) is 0 Å². The fourth-order valence-electron chi connectivity index (χ4n) is 1.74. The predicted molar refractivity (Wildman–Crippen MR) is 90.9 cm³/mol. The van der Waals surface area contributed by atoms with Crippen molar-refractivity contribution in [1.29, 1.82) is 0 Å². The minimum Gasteiger partial charge on any atom is -0.449 e. The molecule has 1 aromatic heterocycles. The van der Waals surface area contributed by atoms with E-state index in [2.05, 4.69) is 10.3 Å². The first-order valence-electron chi connectivity index (χ1n) is 6.85. The first-order valence-corrected chi connectivity index (χ1v) is 7.61. The molecule has 0 radical (unpaired) electrons. The van der Waals surface area contributed by atoms with E-state index in [0.717, 1.165) is 12.1 Å². The zero-order valence-electron chi connectivity index (χ0n) is 12.7. The second-order valence-corrected chi connectivity index (χ2v) is 5.66. The molecule has 0 fully saturated rings. The Morgan fingerprint density at radius 3 is 2.60 bits per heavy atom. The number of rotatable bonds is 5. The Hall–Kier alpha value is -2.71. The van der Waals surface area contributed by atoms with E-state index in [1.54, 1.807) is 0 Å². The molecule has 1 heterocycles. The number of hydrogen-bond acceptors (Lipinski definition) is 6. The fourth-order valence-corrected chi connectivity index (χ4v) is 2.04. The van der Waals surface area contributed by atoms with Gasteiger partial charge in [0.05, 0.1) is 20.5 Å². The van der Waals surface area contributed by atoms with Gasteiger partial charge >= 0.3 is 5.97 Å². The van der Waals surface area contributed by atoms with E-state index in [4.69, 9.17) is 27.9 Å². The van der Waals surface area contributed by atoms with Crippen molar-refractivity contribution in [2.75, 3.05) is 5.32 Å². The number of carbonyl (C=O) groups is 2. The summed E-state index contributed by atoms with van der Waals surface area (Å²) in [5.74, 6) is -1.36. The number of esters is 1. The number of carbonyl (C=O) groups excluding carboxylic acids is 2. The Bertz CT molecular complexity index is 826. The molecule has 0 unspecified atom stereocenters. The van der Waals surface area contributed by atoms with Crippen LogP contribution in [0.3, 0.4) is 0 Å². The van der Waals surface area contributed by atoms with Crippen LogP contribution < -0.4 is 5.32 Å². The molecule has 10 heteroatoms. The average molecular weight is 384 g/mol. The smallest absolute Gasteiger partial charge is 0.340 e. The van der Waals surface area contributed by atoms with Crippen LogP contribution in [0.4, 0.5) is 11.5 Å². The molecule has 1 N–H and O–H groups in total. The fraction of sp³-hybridized carbons (Fsp3) is 0.133. The third kappa shape index (κ3) is 4.88. The molecule has 0 aliphatic heterocycles. The van der Waals surface area contributed by atoms with Gasteiger partial charge in [0.25, 0.3) is 11.6 Å². The van der Waals surface area contributed by atoms with Gasteiger partial charge in [-0.3, -0.25) is 14.9 Å². The molecule has 25 heavy (non-hydrogen) atoms. The van der Waals surface area contributed by atoms with Crippen LogP contribution in [0.1, 0.15) is 17.3 Å². The van der Waals surface area contributed by atoms with Crippen LogP contribution in [-0.4, -0.2) is 27.9 Å². The summed E-state index contributed by atoms with van der Waals surface area (Å²) >= 11 is 11.5. The van der Waals surface area contributed by atoms with Crippen molar-refractivity contribution < 1.29 is 19.2 Å². The molecule has 0 saturated heterocycles. The highest BCUT2D eigenvalue weighted by molar-refractivity contribution is 6.33. The molecule has 0 saturated carbocycles. The van der Waals surface area contributed by atoms with Gasteiger partial charge in [-0.05, 0) is 25.1 Å². The number of hydrogen-bond donors (Lipinski definition) is 1. The molecule has 2 rings (SSSR count). The molecule has 2 aromatic rings. The predicted octanol–water partition coefficient (Wildman–Crippen LogP) is 3.48. The van der Waals surface area contributed by atoms with Crippen LogP contribution in [0, 0.1) is 10.1 Å². The normalized spacial score (nSPS) is 11.5. The summed E-state index contributed by atoms with van der Waals surface area (Å²) in [6, 6.07) is 6.35. The standard InChI is InChI=1S/C15H11Cl2N3O5/c1-8(14(21)19-13-5-2-9(16)7-18-13)25-15(22)11-6-10(20(23)24)3-4-12(11)17/h2-8H,1H3,(H,18,19,21)/t8-/m1/s1. The molecule has 130 valence electrons. The first kappa shape index (κ1) is 18.6. The van der Waals surface area contributed by atoms with Gasteiger partial charge in [-0.1, -0.05) is 23.2 Å². The second kappa shape index (κ2) is 7.91. The van der Waals surface area contributed by atoms with Crippen molar-refractivity contribution >= 4 is 46.6 Å². The van der Waals surface area contributed by atoms with Crippen LogP contribution in [0.5, 0.6) is 0 Å². The Kier molecular flexibility index (Phi) is 5.89. The molecule has 0 aliphatic rings. The summed E-state index contributed by atoms with van der Waals surface area (Å²) < 4.78 is 5.00. The Morgan fingerprint density at radius 2 is 2.00 bits per heavy atom. The highest BCUT2D eigenvalue weighted by atomic mass is 35.5. The SMILES string of the molecule is C[C@@H](OC(=O)c1cc([N+](=O)[O-])ccc1Cl)C(=O)Nc1ccc(Cl)cn1. The number of nitrogens with zero attached hydrogens (tertiary/aromatic N) is 2. The maximum atomic E-state index is 12.1. The minimum absolute atomic E-state index is 0.0254. The number of aromatic nitrogens is 1. The Labute approximate surface area is 151 Å². The molecule has 1 aromatic carbocycles. The molecular formula is C15H11Cl2N3O5. The third-order valence-corrected chi connectivity index (χ3v) is 3.57. The number of halogens is 2. The summed E-state index contributed by atoms with van der Waals surface area (Å²) in [6.45, 7) is 1.34. The quantitative estimate of drug-likeness (QED) is 0.480. The average Bonchev–Trinajstić information content (AvgIpc) is 2.56. The van der Waals surface area contributed by atoms with Gasteiger partial charge in [-0.2, -0.15) is 0 Å². The summed E-state index contributed by atoms with van der Waals surface area (Å²) in [6.07, 6.45) is 0.164. The molecule has 0 bridgehead atoms. The summed E-state index contributed by atoms with van der Waals surface area (Å²) in [7, 11) is 0. The maximum Gasteiger partial charge on any atom is 0.340 e. The molecule has 0 aliphatic carbocycles. The van der Waals surface area contributed by atoms with E-state index in [1.165, 1.54) is 31.3 Å². The highest BCUT2D eigenvalue weighted by Crippen LogP contribution is 2.23. The number of pyridine rings is 1. The number of benzene rings is 1. The lowest BCUT2D eigenvalue weighted by Crippen LogP contribution is -2.30. The van der Waals surface area contributed by atoms with Crippen LogP contribution in [0.2, 0.25) is 10.0 Å². The zero-order valence-corrected chi connectivity index (χ0v) is 14.2. The highest BCUT2D eigenvalue weighted by Gasteiger charge is 2.23. The summed E-state index contributed by atoms with van der Waals surface area (Å²) in [4.78, 5) is 38.1. The lowest BCUT2D eigenvalue weighted by Gasteiger charge is -2.13. The number of nitrogens with one attached hydrogen (secondary N) is 1. The number of nitro benzene ring substituents is 1. The van der Waals surface area contributed by atoms with Crippen molar-refractivity contribution in [3.05, 3.63) is 62.3 Å². The van der Waals surface area contributed by atoms with Gasteiger partial charge < -0.3 is 10.1 Å². The first-order chi connectivity index (χ1) is 11.8. The van der Waals surface area contributed by atoms with E-state index >= 15 is 0 Å². The van der Waals surface area contributed by atoms with Gasteiger partial charge in [0, 0.05) is 18.3 Å². The lowest BCUT2D eigenvalue weighted by atomic mass is 10.2. The Morgan fingerprint density at radius 1 is 1.28 bits per heavy atom. The summed E-state index contributed by atoms with van der Waals surface area (Å²) in [5.41, 5.74) is -0.529. The van der Waals surface area contributed by atoms with Crippen molar-refractivity contribution in [2.45, 2.75) is 13.0 Å². The largest absolute Gasteiger partial charge is 0.449 e. The van der Waals surface area contributed by atoms with E-state index in [9.17, 15) is 19.7 Å². The van der Waals surface area contributed by atoms with E-state index < -0.39 is 22.9 Å². The number of anilines is 1. The summed E-state index contributed by atoms with van der Waals surface area (Å²) in [5, 5.41) is 13.6. The van der Waals surface area contributed by atoms with E-state index in [1.807, 2.05) is 0 Å². The zero-order chi connectivity index (χ0) is 18.6. The topological polar surface area (TPSA) is 111 Å². The van der Waals surface area contributed by atoms with Crippen molar-refractivity contribution in [3.63, 3.8) is 0 Å². The Balaban J connectivity index is 2.06. The van der Waals surface area contributed by atoms with Gasteiger partial charge in [0.15, 0.2) is 6.10 Å². The number of ether oxygens (including phenoxy) is 1. The minimum atomic E-state index is -1.18. The number of non-ortho nitro benzene ring substituents is 1. The number of amides is 1. The lowest BCUT2D eigenvalue weighted by molar-refractivity contribution is -0.384. The van der Waals surface area contributed by atoms with Gasteiger partial charge in [0.1, 0.15) is 5.82 Å². The van der Waals surface area contributed by atoms with E-state index in [0.29, 0.717) is 5.02 Å². The van der Waals surface area contributed by atoms with Crippen LogP contribution >= 0.6 is 23.2 Å². The number of nitro groups is 1. The van der Waals surface area contributed by atoms with Gasteiger partial charge in [-0.15, -0.1) is 0 Å². The molecule has 1 amide bonds. The maximum absolute atomic E-state index is 12.1. The third-order valence-electron chi connectivity index (χ3n) is 3.01. The monoisotopic (exact) mass is 383 g/mol. The van der Waals surface area contributed by atoms with Gasteiger partial charge in [0.2, 0.25) is 0 Å². The molecule has 0 spiro atoms. The molecular weight excluding hydrogens is 373 g/mol. The van der Waals surface area contributed by atoms with Crippen LogP contribution in [0.15, 0.2) is 36.5 Å². The van der Waals surface area contributed by atoms with Crippen LogP contribution in [-0.2, 0) is 9.53 Å². The molecule has 1 atom stereocenters. The van der Waals surface area contributed by atoms with Crippen molar-refractivity contribution in [1.82, 2.24) is 4.98 Å². The van der Waals surface area contributed by atoms with Crippen molar-refractivity contribution in [2.24, 2.45) is 0 Å². The second-order valence-electron chi connectivity index (χ2n) is 4.82.